The van der Waals surface area contributed by atoms with Crippen LogP contribution in [0.2, 0.25) is 0 Å². The van der Waals surface area contributed by atoms with Crippen LogP contribution in [0.1, 0.15) is 22.8 Å². The third-order valence-electron chi connectivity index (χ3n) is 2.89. The van der Waals surface area contributed by atoms with E-state index in [2.05, 4.69) is 5.32 Å². The molecule has 0 aliphatic heterocycles. The summed E-state index contributed by atoms with van der Waals surface area (Å²) in [5.41, 5.74) is 2.03. The Kier molecular flexibility index (Phi) is 5.49. The normalized spacial score (nSPS) is 10.4. The monoisotopic (exact) mass is 295 g/mol. The fraction of sp³-hybridized carbons (Fsp3) is 0.111. The van der Waals surface area contributed by atoms with Crippen LogP contribution in [0.5, 0.6) is 0 Å². The van der Waals surface area contributed by atoms with E-state index in [0.717, 1.165) is 5.56 Å². The van der Waals surface area contributed by atoms with E-state index in [1.165, 1.54) is 6.08 Å². The number of benzene rings is 2. The standard InChI is InChI=1S/C18H17NO3/c1-2-22-18(21)15-9-11-16(12-10-15)19-17(20)13-8-14-6-4-3-5-7-14/h3-13H,2H2,1H3,(H,19,20). The molecule has 0 aromatic heterocycles. The minimum Gasteiger partial charge on any atom is -0.462 e. The molecule has 0 spiro atoms. The molecule has 0 saturated carbocycles. The van der Waals surface area contributed by atoms with Gasteiger partial charge in [-0.15, -0.1) is 0 Å². The molecule has 0 aliphatic rings. The van der Waals surface area contributed by atoms with Gasteiger partial charge in [-0.25, -0.2) is 4.79 Å². The van der Waals surface area contributed by atoms with Gasteiger partial charge < -0.3 is 10.1 Å². The Morgan fingerprint density at radius 2 is 1.73 bits per heavy atom. The first kappa shape index (κ1) is 15.5. The first-order chi connectivity index (χ1) is 10.7. The molecule has 2 rings (SSSR count). The van der Waals surface area contributed by atoms with Crippen molar-refractivity contribution in [3.63, 3.8) is 0 Å². The number of ether oxygens (including phenoxy) is 1. The van der Waals surface area contributed by atoms with Gasteiger partial charge in [-0.05, 0) is 42.8 Å². The van der Waals surface area contributed by atoms with Crippen molar-refractivity contribution in [3.8, 4) is 0 Å². The van der Waals surface area contributed by atoms with E-state index in [1.54, 1.807) is 37.3 Å². The second-order valence-electron chi connectivity index (χ2n) is 4.53. The molecule has 0 saturated heterocycles. The maximum atomic E-state index is 11.8. The van der Waals surface area contributed by atoms with Gasteiger partial charge in [-0.3, -0.25) is 4.79 Å². The van der Waals surface area contributed by atoms with Crippen LogP contribution < -0.4 is 5.32 Å². The highest BCUT2D eigenvalue weighted by Crippen LogP contribution is 2.11. The molecular weight excluding hydrogens is 278 g/mol. The molecule has 22 heavy (non-hydrogen) atoms. The summed E-state index contributed by atoms with van der Waals surface area (Å²) in [5, 5.41) is 2.73. The maximum absolute atomic E-state index is 11.8. The van der Waals surface area contributed by atoms with E-state index < -0.39 is 0 Å². The molecule has 0 bridgehead atoms. The Morgan fingerprint density at radius 1 is 1.05 bits per heavy atom. The lowest BCUT2D eigenvalue weighted by molar-refractivity contribution is -0.111. The molecule has 4 nitrogen and oxygen atoms in total. The lowest BCUT2D eigenvalue weighted by Crippen LogP contribution is -2.08. The van der Waals surface area contributed by atoms with Crippen LogP contribution in [-0.2, 0) is 9.53 Å². The van der Waals surface area contributed by atoms with Crippen LogP contribution in [0.25, 0.3) is 6.08 Å². The minimum absolute atomic E-state index is 0.229. The van der Waals surface area contributed by atoms with E-state index in [0.29, 0.717) is 17.9 Å². The summed E-state index contributed by atoms with van der Waals surface area (Å²) in [6.07, 6.45) is 3.21. The number of amides is 1. The van der Waals surface area contributed by atoms with E-state index in [4.69, 9.17) is 4.74 Å². The highest BCUT2D eigenvalue weighted by molar-refractivity contribution is 6.02. The van der Waals surface area contributed by atoms with E-state index in [9.17, 15) is 9.59 Å². The first-order valence-corrected chi connectivity index (χ1v) is 7.00. The number of rotatable bonds is 5. The molecule has 0 heterocycles. The largest absolute Gasteiger partial charge is 0.462 e. The van der Waals surface area contributed by atoms with Crippen molar-refractivity contribution in [2.24, 2.45) is 0 Å². The van der Waals surface area contributed by atoms with Gasteiger partial charge in [0.25, 0.3) is 0 Å². The van der Waals surface area contributed by atoms with Crippen molar-refractivity contribution in [1.82, 2.24) is 0 Å². The molecule has 1 amide bonds. The quantitative estimate of drug-likeness (QED) is 0.678. The minimum atomic E-state index is -0.371. The number of nitrogens with one attached hydrogen (secondary N) is 1. The average Bonchev–Trinajstić information content (AvgIpc) is 2.55. The van der Waals surface area contributed by atoms with Crippen molar-refractivity contribution in [3.05, 3.63) is 71.8 Å². The predicted molar refractivity (Wildman–Crippen MR) is 86.5 cm³/mol. The number of hydrogen-bond acceptors (Lipinski definition) is 3. The van der Waals surface area contributed by atoms with E-state index in [-0.39, 0.29) is 11.9 Å². The fourth-order valence-corrected chi connectivity index (χ4v) is 1.82. The molecule has 0 radical (unpaired) electrons. The average molecular weight is 295 g/mol. The molecule has 0 fully saturated rings. The summed E-state index contributed by atoms with van der Waals surface area (Å²) in [4.78, 5) is 23.3. The van der Waals surface area contributed by atoms with Gasteiger partial charge in [0, 0.05) is 11.8 Å². The van der Waals surface area contributed by atoms with Crippen LogP contribution >= 0.6 is 0 Å². The predicted octanol–water partition coefficient (Wildman–Crippen LogP) is 3.52. The van der Waals surface area contributed by atoms with Gasteiger partial charge in [0.1, 0.15) is 0 Å². The number of carbonyl (C=O) groups excluding carboxylic acids is 2. The van der Waals surface area contributed by atoms with Crippen LogP contribution in [0.3, 0.4) is 0 Å². The fourth-order valence-electron chi connectivity index (χ4n) is 1.82. The van der Waals surface area contributed by atoms with Crippen molar-refractivity contribution < 1.29 is 14.3 Å². The number of hydrogen-bond donors (Lipinski definition) is 1. The summed E-state index contributed by atoms with van der Waals surface area (Å²) in [5.74, 6) is -0.600. The van der Waals surface area contributed by atoms with Crippen LogP contribution in [0, 0.1) is 0 Å². The smallest absolute Gasteiger partial charge is 0.338 e. The SMILES string of the molecule is CCOC(=O)c1ccc(NC(=O)C=Cc2ccccc2)cc1. The molecule has 2 aromatic carbocycles. The molecule has 0 aliphatic carbocycles. The molecule has 2 aromatic rings. The summed E-state index contributed by atoms with van der Waals surface area (Å²) < 4.78 is 4.90. The molecule has 112 valence electrons. The highest BCUT2D eigenvalue weighted by atomic mass is 16.5. The topological polar surface area (TPSA) is 55.4 Å². The molecule has 0 atom stereocenters. The van der Waals surface area contributed by atoms with E-state index >= 15 is 0 Å². The Morgan fingerprint density at radius 3 is 2.36 bits per heavy atom. The Bertz CT molecular complexity index is 660. The second-order valence-corrected chi connectivity index (χ2v) is 4.53. The maximum Gasteiger partial charge on any atom is 0.338 e. The Balaban J connectivity index is 1.94. The van der Waals surface area contributed by atoms with Crippen molar-refractivity contribution in [2.75, 3.05) is 11.9 Å². The van der Waals surface area contributed by atoms with Gasteiger partial charge in [0.05, 0.1) is 12.2 Å². The van der Waals surface area contributed by atoms with Gasteiger partial charge in [0.2, 0.25) is 5.91 Å². The van der Waals surface area contributed by atoms with Gasteiger partial charge >= 0.3 is 5.97 Å². The van der Waals surface area contributed by atoms with Crippen LogP contribution in [-0.4, -0.2) is 18.5 Å². The first-order valence-electron chi connectivity index (χ1n) is 7.00. The number of carbonyl (C=O) groups is 2. The summed E-state index contributed by atoms with van der Waals surface area (Å²) in [6.45, 7) is 2.09. The Hall–Kier alpha value is -2.88. The molecule has 1 N–H and O–H groups in total. The second kappa shape index (κ2) is 7.78. The Labute approximate surface area is 129 Å². The molecule has 0 unspecified atom stereocenters. The van der Waals surface area contributed by atoms with Gasteiger partial charge in [0.15, 0.2) is 0 Å². The summed E-state index contributed by atoms with van der Waals surface area (Å²) in [7, 11) is 0. The van der Waals surface area contributed by atoms with Crippen LogP contribution in [0.4, 0.5) is 5.69 Å². The van der Waals surface area contributed by atoms with Crippen LogP contribution in [0.15, 0.2) is 60.7 Å². The van der Waals surface area contributed by atoms with Crippen molar-refractivity contribution in [1.29, 1.82) is 0 Å². The lowest BCUT2D eigenvalue weighted by Gasteiger charge is -2.04. The zero-order valence-electron chi connectivity index (χ0n) is 12.3. The molecular formula is C18H17NO3. The highest BCUT2D eigenvalue weighted by Gasteiger charge is 2.06. The third kappa shape index (κ3) is 4.59. The summed E-state index contributed by atoms with van der Waals surface area (Å²) in [6, 6.07) is 16.1. The molecule has 4 heteroatoms. The summed E-state index contributed by atoms with van der Waals surface area (Å²) >= 11 is 0. The van der Waals surface area contributed by atoms with Crippen molar-refractivity contribution >= 4 is 23.6 Å². The zero-order chi connectivity index (χ0) is 15.8. The lowest BCUT2D eigenvalue weighted by atomic mass is 10.2. The van der Waals surface area contributed by atoms with Crippen molar-refractivity contribution in [2.45, 2.75) is 6.92 Å². The number of esters is 1. The number of anilines is 1. The van der Waals surface area contributed by atoms with Gasteiger partial charge in [-0.2, -0.15) is 0 Å². The van der Waals surface area contributed by atoms with Gasteiger partial charge in [-0.1, -0.05) is 30.3 Å². The van der Waals surface area contributed by atoms with E-state index in [1.807, 2.05) is 30.3 Å². The zero-order valence-corrected chi connectivity index (χ0v) is 12.3. The third-order valence-corrected chi connectivity index (χ3v) is 2.89.